The van der Waals surface area contributed by atoms with Crippen molar-refractivity contribution < 1.29 is 9.84 Å². The van der Waals surface area contributed by atoms with Gasteiger partial charge in [-0.3, -0.25) is 9.80 Å². The molecule has 2 unspecified atom stereocenters. The van der Waals surface area contributed by atoms with Crippen LogP contribution in [0.1, 0.15) is 45.6 Å². The second-order valence-electron chi connectivity index (χ2n) is 9.94. The van der Waals surface area contributed by atoms with E-state index >= 15 is 0 Å². The number of anilines is 1. The third kappa shape index (κ3) is 4.38. The zero-order valence-electron chi connectivity index (χ0n) is 18.0. The van der Waals surface area contributed by atoms with E-state index in [4.69, 9.17) is 4.74 Å². The first-order valence-electron chi connectivity index (χ1n) is 11.0. The van der Waals surface area contributed by atoms with E-state index in [0.717, 1.165) is 31.1 Å². The highest BCUT2D eigenvalue weighted by atomic mass is 16.6. The number of fused-ring (bicyclic) bond motifs is 1. The summed E-state index contributed by atoms with van der Waals surface area (Å²) < 4.78 is 5.69. The number of benzene rings is 1. The van der Waals surface area contributed by atoms with Crippen LogP contribution in [0, 0.1) is 12.8 Å². The molecule has 28 heavy (non-hydrogen) atoms. The van der Waals surface area contributed by atoms with Gasteiger partial charge >= 0.3 is 0 Å². The molecule has 156 valence electrons. The monoisotopic (exact) mass is 387 g/mol. The Morgan fingerprint density at radius 1 is 1.07 bits per heavy atom. The molecule has 3 aliphatic heterocycles. The minimum atomic E-state index is -0.764. The van der Waals surface area contributed by atoms with E-state index in [9.17, 15) is 5.11 Å². The summed E-state index contributed by atoms with van der Waals surface area (Å²) in [6.45, 7) is 13.6. The molecule has 3 heterocycles. The van der Waals surface area contributed by atoms with Gasteiger partial charge in [-0.05, 0) is 71.6 Å². The Bertz CT molecular complexity index is 649. The van der Waals surface area contributed by atoms with Crippen molar-refractivity contribution in [3.8, 4) is 0 Å². The summed E-state index contributed by atoms with van der Waals surface area (Å²) in [5.74, 6) is 0.783. The molecule has 0 aliphatic carbocycles. The number of aryl methyl sites for hydroxylation is 1. The van der Waals surface area contributed by atoms with Crippen molar-refractivity contribution in [3.63, 3.8) is 0 Å². The lowest BCUT2D eigenvalue weighted by Gasteiger charge is -2.63. The first kappa shape index (κ1) is 20.1. The number of hydrogen-bond acceptors (Lipinski definition) is 5. The van der Waals surface area contributed by atoms with E-state index in [1.807, 2.05) is 20.8 Å². The highest BCUT2D eigenvalue weighted by Gasteiger charge is 2.51. The maximum absolute atomic E-state index is 10.3. The highest BCUT2D eigenvalue weighted by Crippen LogP contribution is 2.38. The van der Waals surface area contributed by atoms with Crippen LogP contribution in [0.3, 0.4) is 0 Å². The largest absolute Gasteiger partial charge is 0.364 e. The number of piperidine rings is 1. The summed E-state index contributed by atoms with van der Waals surface area (Å²) in [6.07, 6.45) is 2.86. The van der Waals surface area contributed by atoms with Crippen molar-refractivity contribution in [2.45, 2.75) is 71.1 Å². The van der Waals surface area contributed by atoms with Gasteiger partial charge in [0.05, 0.1) is 11.6 Å². The molecule has 0 spiro atoms. The number of nitrogens with zero attached hydrogens (tertiary/aromatic N) is 3. The first-order valence-corrected chi connectivity index (χ1v) is 11.0. The molecule has 3 aliphatic rings. The molecule has 1 N–H and O–H groups in total. The summed E-state index contributed by atoms with van der Waals surface area (Å²) in [4.78, 5) is 7.32. The van der Waals surface area contributed by atoms with Gasteiger partial charge in [-0.2, -0.15) is 0 Å². The number of aliphatic hydroxyl groups excluding tert-OH is 1. The standard InChI is InChI=1S/C23H37N3O2/c1-17-5-7-19(8-6-17)26-16-20-21(26)15-25(20)14-11-18-9-12-24(13-10-18)22(27)28-23(2,3)4/h5-8,18,20-22,27H,9-16H2,1-4H3/t20?,21-,22?/m1/s1. The van der Waals surface area contributed by atoms with E-state index in [-0.39, 0.29) is 5.60 Å². The van der Waals surface area contributed by atoms with Gasteiger partial charge in [-0.1, -0.05) is 17.7 Å². The molecule has 3 fully saturated rings. The normalized spacial score (nSPS) is 27.8. The van der Waals surface area contributed by atoms with Gasteiger partial charge in [0.25, 0.3) is 0 Å². The topological polar surface area (TPSA) is 39.2 Å². The van der Waals surface area contributed by atoms with E-state index in [1.54, 1.807) is 0 Å². The zero-order chi connectivity index (χ0) is 19.9. The van der Waals surface area contributed by atoms with Gasteiger partial charge in [0, 0.05) is 37.9 Å². The molecule has 0 radical (unpaired) electrons. The van der Waals surface area contributed by atoms with Crippen molar-refractivity contribution in [1.29, 1.82) is 0 Å². The van der Waals surface area contributed by atoms with Crippen molar-refractivity contribution in [2.75, 3.05) is 37.6 Å². The molecule has 1 aromatic carbocycles. The maximum Gasteiger partial charge on any atom is 0.216 e. The van der Waals surface area contributed by atoms with Crippen LogP contribution in [0.2, 0.25) is 0 Å². The predicted octanol–water partition coefficient (Wildman–Crippen LogP) is 3.06. The lowest BCUT2D eigenvalue weighted by molar-refractivity contribution is -0.243. The molecule has 0 bridgehead atoms. The van der Waals surface area contributed by atoms with Crippen LogP contribution in [0.25, 0.3) is 0 Å². The van der Waals surface area contributed by atoms with Crippen molar-refractivity contribution in [3.05, 3.63) is 29.8 Å². The first-order chi connectivity index (χ1) is 13.3. The van der Waals surface area contributed by atoms with Crippen molar-refractivity contribution in [2.24, 2.45) is 5.92 Å². The van der Waals surface area contributed by atoms with E-state index in [2.05, 4.69) is 45.9 Å². The Morgan fingerprint density at radius 2 is 1.75 bits per heavy atom. The number of piperazine rings is 1. The summed E-state index contributed by atoms with van der Waals surface area (Å²) in [5.41, 5.74) is 2.41. The Morgan fingerprint density at radius 3 is 2.32 bits per heavy atom. The molecular weight excluding hydrogens is 350 g/mol. The lowest BCUT2D eigenvalue weighted by Crippen LogP contribution is -2.79. The van der Waals surface area contributed by atoms with Crippen LogP contribution >= 0.6 is 0 Å². The quantitative estimate of drug-likeness (QED) is 0.760. The lowest BCUT2D eigenvalue weighted by atomic mass is 9.83. The van der Waals surface area contributed by atoms with Crippen LogP contribution in [0.4, 0.5) is 5.69 Å². The van der Waals surface area contributed by atoms with Crippen molar-refractivity contribution in [1.82, 2.24) is 9.80 Å². The molecule has 3 saturated heterocycles. The SMILES string of the molecule is Cc1ccc(N2CC3[C@H]2CN3CCC2CCN(C(O)OC(C)(C)C)CC2)cc1. The van der Waals surface area contributed by atoms with Crippen molar-refractivity contribution >= 4 is 5.69 Å². The Balaban J connectivity index is 1.15. The Labute approximate surface area is 170 Å². The molecule has 0 aromatic heterocycles. The molecular formula is C23H37N3O2. The molecule has 0 amide bonds. The van der Waals surface area contributed by atoms with E-state index in [1.165, 1.54) is 50.1 Å². The summed E-state index contributed by atoms with van der Waals surface area (Å²) in [7, 11) is 0. The number of ether oxygens (including phenoxy) is 1. The fourth-order valence-electron chi connectivity index (χ4n) is 4.84. The zero-order valence-corrected chi connectivity index (χ0v) is 18.0. The molecule has 1 aromatic rings. The number of likely N-dealkylation sites (tertiary alicyclic amines) is 2. The second-order valence-corrected chi connectivity index (χ2v) is 9.94. The highest BCUT2D eigenvalue weighted by molar-refractivity contribution is 5.53. The second kappa shape index (κ2) is 7.94. The van der Waals surface area contributed by atoms with Gasteiger partial charge in [0.15, 0.2) is 0 Å². The average Bonchev–Trinajstić information content (AvgIpc) is 2.63. The van der Waals surface area contributed by atoms with Gasteiger partial charge < -0.3 is 14.7 Å². The number of hydrogen-bond donors (Lipinski definition) is 1. The van der Waals surface area contributed by atoms with Crippen LogP contribution in [-0.2, 0) is 4.74 Å². The molecule has 3 atom stereocenters. The number of rotatable bonds is 6. The van der Waals surface area contributed by atoms with Gasteiger partial charge in [0.1, 0.15) is 0 Å². The summed E-state index contributed by atoms with van der Waals surface area (Å²) in [6, 6.07) is 10.5. The smallest absolute Gasteiger partial charge is 0.216 e. The number of aliphatic hydroxyl groups is 1. The van der Waals surface area contributed by atoms with Gasteiger partial charge in [-0.25, -0.2) is 0 Å². The summed E-state index contributed by atoms with van der Waals surface area (Å²) in [5, 5.41) is 10.3. The minimum Gasteiger partial charge on any atom is -0.364 e. The Hall–Kier alpha value is -1.14. The Kier molecular flexibility index (Phi) is 5.71. The fraction of sp³-hybridized carbons (Fsp3) is 0.739. The molecule has 5 heteroatoms. The van der Waals surface area contributed by atoms with E-state index < -0.39 is 6.41 Å². The van der Waals surface area contributed by atoms with Crippen LogP contribution in [0.5, 0.6) is 0 Å². The van der Waals surface area contributed by atoms with Gasteiger partial charge in [0.2, 0.25) is 6.41 Å². The van der Waals surface area contributed by atoms with E-state index in [0.29, 0.717) is 0 Å². The van der Waals surface area contributed by atoms with Crippen LogP contribution in [0.15, 0.2) is 24.3 Å². The molecule has 4 rings (SSSR count). The third-order valence-electron chi connectivity index (χ3n) is 6.73. The average molecular weight is 388 g/mol. The maximum atomic E-state index is 10.3. The van der Waals surface area contributed by atoms with Crippen LogP contribution in [-0.4, -0.2) is 71.7 Å². The molecule has 0 saturated carbocycles. The minimum absolute atomic E-state index is 0.306. The predicted molar refractivity (Wildman–Crippen MR) is 113 cm³/mol. The fourth-order valence-corrected chi connectivity index (χ4v) is 4.84. The third-order valence-corrected chi connectivity index (χ3v) is 6.73. The van der Waals surface area contributed by atoms with Crippen LogP contribution < -0.4 is 4.90 Å². The molecule has 5 nitrogen and oxygen atoms in total. The summed E-state index contributed by atoms with van der Waals surface area (Å²) >= 11 is 0. The van der Waals surface area contributed by atoms with Gasteiger partial charge in [-0.15, -0.1) is 0 Å².